The zero-order valence-electron chi connectivity index (χ0n) is 9.58. The Morgan fingerprint density at radius 2 is 2.29 bits per heavy atom. The van der Waals surface area contributed by atoms with Gasteiger partial charge in [-0.1, -0.05) is 6.07 Å². The van der Waals surface area contributed by atoms with E-state index in [2.05, 4.69) is 21.5 Å². The monoisotopic (exact) mass is 229 g/mol. The highest BCUT2D eigenvalue weighted by atomic mass is 16.5. The topological polar surface area (TPSA) is 76.6 Å². The van der Waals surface area contributed by atoms with E-state index in [1.807, 2.05) is 13.0 Å². The summed E-state index contributed by atoms with van der Waals surface area (Å²) in [5.41, 5.74) is 1.53. The molecule has 0 fully saturated rings. The van der Waals surface area contributed by atoms with Gasteiger partial charge in [0.2, 0.25) is 5.82 Å². The van der Waals surface area contributed by atoms with E-state index in [1.54, 1.807) is 19.2 Å². The Balaban J connectivity index is 2.11. The molecule has 0 amide bonds. The first-order valence-electron chi connectivity index (χ1n) is 5.05. The summed E-state index contributed by atoms with van der Waals surface area (Å²) in [6.07, 6.45) is 0. The molecule has 0 spiro atoms. The molecule has 0 N–H and O–H groups in total. The Labute approximate surface area is 98.4 Å². The third kappa shape index (κ3) is 2.58. The van der Waals surface area contributed by atoms with Crippen molar-refractivity contribution in [2.45, 2.75) is 13.5 Å². The quantitative estimate of drug-likeness (QED) is 0.783. The summed E-state index contributed by atoms with van der Waals surface area (Å²) in [5, 5.41) is 20.3. The minimum atomic E-state index is 0.240. The van der Waals surface area contributed by atoms with Crippen LogP contribution < -0.4 is 4.74 Å². The van der Waals surface area contributed by atoms with E-state index in [9.17, 15) is 0 Å². The third-order valence-corrected chi connectivity index (χ3v) is 2.22. The van der Waals surface area contributed by atoms with Crippen LogP contribution in [0.2, 0.25) is 0 Å². The van der Waals surface area contributed by atoms with Crippen LogP contribution in [0, 0.1) is 18.3 Å². The Morgan fingerprint density at radius 1 is 1.47 bits per heavy atom. The summed E-state index contributed by atoms with van der Waals surface area (Å²) in [4.78, 5) is 1.37. The van der Waals surface area contributed by atoms with E-state index in [0.717, 1.165) is 5.56 Å². The van der Waals surface area contributed by atoms with Gasteiger partial charge in [0.15, 0.2) is 6.61 Å². The van der Waals surface area contributed by atoms with Crippen LogP contribution >= 0.6 is 0 Å². The molecule has 1 heterocycles. The van der Waals surface area contributed by atoms with Gasteiger partial charge in [-0.15, -0.1) is 10.2 Å². The third-order valence-electron chi connectivity index (χ3n) is 2.22. The van der Waals surface area contributed by atoms with E-state index in [-0.39, 0.29) is 6.61 Å². The van der Waals surface area contributed by atoms with Gasteiger partial charge in [-0.25, -0.2) is 0 Å². The Hall–Kier alpha value is -2.42. The van der Waals surface area contributed by atoms with Crippen LogP contribution in [0.25, 0.3) is 0 Å². The number of nitrogens with zero attached hydrogens (tertiary/aromatic N) is 5. The zero-order chi connectivity index (χ0) is 12.3. The number of aromatic nitrogens is 4. The predicted octanol–water partition coefficient (Wildman–Crippen LogP) is 0.969. The van der Waals surface area contributed by atoms with Crippen molar-refractivity contribution < 1.29 is 4.74 Å². The van der Waals surface area contributed by atoms with Crippen LogP contribution in [-0.2, 0) is 13.7 Å². The van der Waals surface area contributed by atoms with Crippen molar-refractivity contribution in [3.8, 4) is 11.8 Å². The molecule has 0 radical (unpaired) electrons. The fraction of sp³-hybridized carbons (Fsp3) is 0.273. The molecule has 17 heavy (non-hydrogen) atoms. The minimum Gasteiger partial charge on any atom is -0.485 e. The summed E-state index contributed by atoms with van der Waals surface area (Å²) >= 11 is 0. The average Bonchev–Trinajstić information content (AvgIpc) is 2.74. The van der Waals surface area contributed by atoms with Crippen LogP contribution in [0.1, 0.15) is 17.0 Å². The largest absolute Gasteiger partial charge is 0.485 e. The molecule has 2 aromatic rings. The van der Waals surface area contributed by atoms with Crippen LogP contribution in [0.15, 0.2) is 18.2 Å². The number of aryl methyl sites for hydroxylation is 2. The van der Waals surface area contributed by atoms with Crippen molar-refractivity contribution in [3.05, 3.63) is 35.2 Å². The van der Waals surface area contributed by atoms with Crippen LogP contribution in [0.5, 0.6) is 5.75 Å². The lowest BCUT2D eigenvalue weighted by Crippen LogP contribution is -2.00. The minimum absolute atomic E-state index is 0.240. The normalized spacial score (nSPS) is 9.94. The first-order chi connectivity index (χ1) is 8.19. The van der Waals surface area contributed by atoms with Gasteiger partial charge >= 0.3 is 0 Å². The highest BCUT2D eigenvalue weighted by molar-refractivity contribution is 5.41. The predicted molar refractivity (Wildman–Crippen MR) is 59.0 cm³/mol. The van der Waals surface area contributed by atoms with Crippen molar-refractivity contribution in [2.75, 3.05) is 0 Å². The standard InChI is InChI=1S/C11H11N5O/c1-8-3-4-9(6-12)5-10(8)17-7-11-13-15-16(2)14-11/h3-5H,7H2,1-2H3. The fourth-order valence-electron chi connectivity index (χ4n) is 1.35. The second kappa shape index (κ2) is 4.61. The lowest BCUT2D eigenvalue weighted by Gasteiger charge is -2.06. The molecular weight excluding hydrogens is 218 g/mol. The van der Waals surface area contributed by atoms with E-state index in [0.29, 0.717) is 17.1 Å². The SMILES string of the molecule is Cc1ccc(C#N)cc1OCc1nnn(C)n1. The molecule has 0 aliphatic heterocycles. The summed E-state index contributed by atoms with van der Waals surface area (Å²) in [7, 11) is 1.69. The number of hydrogen-bond acceptors (Lipinski definition) is 5. The van der Waals surface area contributed by atoms with Crippen LogP contribution in [0.3, 0.4) is 0 Å². The highest BCUT2D eigenvalue weighted by Crippen LogP contribution is 2.19. The molecule has 0 aliphatic rings. The van der Waals surface area contributed by atoms with Gasteiger partial charge in [0, 0.05) is 0 Å². The lowest BCUT2D eigenvalue weighted by molar-refractivity contribution is 0.293. The lowest BCUT2D eigenvalue weighted by atomic mass is 10.1. The molecule has 6 heteroatoms. The summed E-state index contributed by atoms with van der Waals surface area (Å²) < 4.78 is 5.55. The smallest absolute Gasteiger partial charge is 0.212 e. The molecule has 0 saturated heterocycles. The van der Waals surface area contributed by atoms with Gasteiger partial charge < -0.3 is 4.74 Å². The Bertz CT molecular complexity index is 569. The number of benzene rings is 1. The van der Waals surface area contributed by atoms with Crippen molar-refractivity contribution in [2.24, 2.45) is 7.05 Å². The highest BCUT2D eigenvalue weighted by Gasteiger charge is 2.05. The maximum atomic E-state index is 8.80. The molecule has 2 rings (SSSR count). The molecule has 1 aromatic heterocycles. The van der Waals surface area contributed by atoms with Crippen LogP contribution in [0.4, 0.5) is 0 Å². The van der Waals surface area contributed by atoms with Gasteiger partial charge in [0.1, 0.15) is 5.75 Å². The maximum absolute atomic E-state index is 8.80. The first-order valence-corrected chi connectivity index (χ1v) is 5.05. The molecular formula is C11H11N5O. The second-order valence-electron chi connectivity index (χ2n) is 3.58. The Kier molecular flexibility index (Phi) is 3.01. The maximum Gasteiger partial charge on any atom is 0.212 e. The molecule has 0 aliphatic carbocycles. The average molecular weight is 229 g/mol. The molecule has 0 saturated carbocycles. The molecule has 0 bridgehead atoms. The van der Waals surface area contributed by atoms with Gasteiger partial charge in [0.05, 0.1) is 18.7 Å². The molecule has 1 aromatic carbocycles. The van der Waals surface area contributed by atoms with Crippen LogP contribution in [-0.4, -0.2) is 20.2 Å². The summed E-state index contributed by atoms with van der Waals surface area (Å²) in [5.74, 6) is 1.17. The first kappa shape index (κ1) is 11.1. The van der Waals surface area contributed by atoms with Gasteiger partial charge in [-0.05, 0) is 29.8 Å². The molecule has 0 unspecified atom stereocenters. The van der Waals surface area contributed by atoms with Crippen molar-refractivity contribution in [3.63, 3.8) is 0 Å². The van der Waals surface area contributed by atoms with E-state index in [4.69, 9.17) is 10.00 Å². The van der Waals surface area contributed by atoms with E-state index in [1.165, 1.54) is 4.80 Å². The molecule has 86 valence electrons. The summed E-state index contributed by atoms with van der Waals surface area (Å²) in [6.45, 7) is 2.16. The second-order valence-corrected chi connectivity index (χ2v) is 3.58. The molecule has 0 atom stereocenters. The van der Waals surface area contributed by atoms with Gasteiger partial charge in [-0.2, -0.15) is 10.1 Å². The fourth-order valence-corrected chi connectivity index (χ4v) is 1.35. The number of hydrogen-bond donors (Lipinski definition) is 0. The van der Waals surface area contributed by atoms with Crippen molar-refractivity contribution in [1.82, 2.24) is 20.2 Å². The Morgan fingerprint density at radius 3 is 2.94 bits per heavy atom. The summed E-state index contributed by atoms with van der Waals surface area (Å²) in [6, 6.07) is 7.37. The number of rotatable bonds is 3. The van der Waals surface area contributed by atoms with Gasteiger partial charge in [-0.3, -0.25) is 0 Å². The number of tetrazole rings is 1. The zero-order valence-corrected chi connectivity index (χ0v) is 9.58. The van der Waals surface area contributed by atoms with Gasteiger partial charge in [0.25, 0.3) is 0 Å². The number of nitriles is 1. The van der Waals surface area contributed by atoms with E-state index < -0.39 is 0 Å². The van der Waals surface area contributed by atoms with E-state index >= 15 is 0 Å². The van der Waals surface area contributed by atoms with Crippen molar-refractivity contribution >= 4 is 0 Å². The number of ether oxygens (including phenoxy) is 1. The molecule has 6 nitrogen and oxygen atoms in total. The van der Waals surface area contributed by atoms with Crippen molar-refractivity contribution in [1.29, 1.82) is 5.26 Å².